The molecule has 0 saturated heterocycles. The first-order chi connectivity index (χ1) is 9.72. The molecule has 2 aromatic carbocycles. The molecule has 0 fully saturated rings. The van der Waals surface area contributed by atoms with Crippen LogP contribution in [0.4, 0.5) is 0 Å². The molecule has 0 radical (unpaired) electrons. The molecule has 1 heteroatoms. The number of hydrogen-bond acceptors (Lipinski definition) is 1. The molecule has 0 bridgehead atoms. The normalized spacial score (nSPS) is 11.2. The van der Waals surface area contributed by atoms with Crippen molar-refractivity contribution in [2.45, 2.75) is 26.7 Å². The zero-order valence-corrected chi connectivity index (χ0v) is 12.4. The summed E-state index contributed by atoms with van der Waals surface area (Å²) in [5, 5.41) is 0. The number of hydrogen-bond donors (Lipinski definition) is 1. The van der Waals surface area contributed by atoms with Gasteiger partial charge >= 0.3 is 0 Å². The fourth-order valence-electron chi connectivity index (χ4n) is 2.38. The Kier molecular flexibility index (Phi) is 5.14. The summed E-state index contributed by atoms with van der Waals surface area (Å²) >= 11 is 0. The van der Waals surface area contributed by atoms with E-state index in [0.717, 1.165) is 19.4 Å². The molecular formula is C19H23N. The van der Waals surface area contributed by atoms with E-state index < -0.39 is 0 Å². The third-order valence-corrected chi connectivity index (χ3v) is 3.77. The van der Waals surface area contributed by atoms with Gasteiger partial charge in [0.1, 0.15) is 0 Å². The van der Waals surface area contributed by atoms with Crippen molar-refractivity contribution in [2.75, 3.05) is 6.54 Å². The van der Waals surface area contributed by atoms with Crippen LogP contribution in [0.2, 0.25) is 0 Å². The van der Waals surface area contributed by atoms with Crippen LogP contribution in [-0.4, -0.2) is 6.54 Å². The lowest BCUT2D eigenvalue weighted by molar-refractivity contribution is 0.830. The molecule has 2 N–H and O–H groups in total. The quantitative estimate of drug-likeness (QED) is 0.798. The highest BCUT2D eigenvalue weighted by atomic mass is 14.5. The zero-order chi connectivity index (χ0) is 14.4. The van der Waals surface area contributed by atoms with Crippen molar-refractivity contribution in [1.29, 1.82) is 0 Å². The number of aryl methyl sites for hydroxylation is 2. The zero-order valence-electron chi connectivity index (χ0n) is 12.4. The van der Waals surface area contributed by atoms with Crippen molar-refractivity contribution in [3.8, 4) is 0 Å². The first kappa shape index (κ1) is 14.5. The van der Waals surface area contributed by atoms with Gasteiger partial charge in [0.2, 0.25) is 0 Å². The topological polar surface area (TPSA) is 26.0 Å². The van der Waals surface area contributed by atoms with Gasteiger partial charge in [-0.3, -0.25) is 0 Å². The number of nitrogens with two attached hydrogens (primary N) is 1. The maximum atomic E-state index is 5.64. The molecule has 0 aliphatic carbocycles. The van der Waals surface area contributed by atoms with E-state index in [9.17, 15) is 0 Å². The molecule has 0 atom stereocenters. The minimum Gasteiger partial charge on any atom is -0.330 e. The summed E-state index contributed by atoms with van der Waals surface area (Å²) in [7, 11) is 0. The fraction of sp³-hybridized carbons (Fsp3) is 0.263. The molecule has 0 aliphatic heterocycles. The molecule has 104 valence electrons. The Morgan fingerprint density at radius 1 is 0.950 bits per heavy atom. The third kappa shape index (κ3) is 3.58. The standard InChI is InChI=1S/C19H23N/c1-15-10-12-18(9-6-14-20)19(16(15)2)13-11-17-7-4-3-5-8-17/h3-5,7-8,10-13H,6,9,14,20H2,1-2H3. The Morgan fingerprint density at radius 3 is 2.40 bits per heavy atom. The van der Waals surface area contributed by atoms with Gasteiger partial charge in [0.25, 0.3) is 0 Å². The monoisotopic (exact) mass is 265 g/mol. The van der Waals surface area contributed by atoms with Crippen LogP contribution in [0.25, 0.3) is 12.2 Å². The van der Waals surface area contributed by atoms with E-state index in [0.29, 0.717) is 0 Å². The summed E-state index contributed by atoms with van der Waals surface area (Å²) in [4.78, 5) is 0. The molecule has 0 unspecified atom stereocenters. The van der Waals surface area contributed by atoms with Gasteiger partial charge in [-0.05, 0) is 61.1 Å². The highest BCUT2D eigenvalue weighted by Crippen LogP contribution is 2.22. The molecule has 0 heterocycles. The maximum Gasteiger partial charge on any atom is -0.00741 e. The van der Waals surface area contributed by atoms with E-state index in [4.69, 9.17) is 5.73 Å². The molecule has 0 saturated carbocycles. The largest absolute Gasteiger partial charge is 0.330 e. The van der Waals surface area contributed by atoms with Crippen molar-refractivity contribution in [3.63, 3.8) is 0 Å². The second-order valence-electron chi connectivity index (χ2n) is 5.22. The highest BCUT2D eigenvalue weighted by Gasteiger charge is 2.05. The molecule has 0 amide bonds. The minimum absolute atomic E-state index is 0.745. The molecule has 0 aromatic heterocycles. The van der Waals surface area contributed by atoms with Crippen molar-refractivity contribution in [2.24, 2.45) is 5.73 Å². The average Bonchev–Trinajstić information content (AvgIpc) is 2.48. The first-order valence-corrected chi connectivity index (χ1v) is 7.24. The fourth-order valence-corrected chi connectivity index (χ4v) is 2.38. The van der Waals surface area contributed by atoms with Crippen LogP contribution in [0, 0.1) is 13.8 Å². The van der Waals surface area contributed by atoms with E-state index in [1.807, 2.05) is 6.07 Å². The summed E-state index contributed by atoms with van der Waals surface area (Å²) in [6.45, 7) is 5.11. The molecule has 2 rings (SSSR count). The number of benzene rings is 2. The Balaban J connectivity index is 2.33. The Morgan fingerprint density at radius 2 is 1.70 bits per heavy atom. The van der Waals surface area contributed by atoms with Gasteiger partial charge in [-0.2, -0.15) is 0 Å². The van der Waals surface area contributed by atoms with Crippen LogP contribution >= 0.6 is 0 Å². The van der Waals surface area contributed by atoms with Gasteiger partial charge < -0.3 is 5.73 Å². The summed E-state index contributed by atoms with van der Waals surface area (Å²) in [6.07, 6.45) is 6.51. The van der Waals surface area contributed by atoms with Gasteiger partial charge in [-0.15, -0.1) is 0 Å². The van der Waals surface area contributed by atoms with E-state index in [2.05, 4.69) is 62.4 Å². The summed E-state index contributed by atoms with van der Waals surface area (Å²) in [6, 6.07) is 14.9. The summed E-state index contributed by atoms with van der Waals surface area (Å²) < 4.78 is 0. The van der Waals surface area contributed by atoms with Crippen LogP contribution in [-0.2, 0) is 6.42 Å². The van der Waals surface area contributed by atoms with Crippen LogP contribution < -0.4 is 5.73 Å². The van der Waals surface area contributed by atoms with Crippen LogP contribution in [0.5, 0.6) is 0 Å². The van der Waals surface area contributed by atoms with E-state index >= 15 is 0 Å². The van der Waals surface area contributed by atoms with E-state index in [-0.39, 0.29) is 0 Å². The molecule has 0 aliphatic rings. The molecule has 2 aromatic rings. The molecule has 1 nitrogen and oxygen atoms in total. The van der Waals surface area contributed by atoms with Crippen LogP contribution in [0.15, 0.2) is 42.5 Å². The Hall–Kier alpha value is -1.86. The Labute approximate surface area is 122 Å². The predicted molar refractivity (Wildman–Crippen MR) is 88.7 cm³/mol. The molecule has 0 spiro atoms. The van der Waals surface area contributed by atoms with Crippen molar-refractivity contribution in [3.05, 3.63) is 70.3 Å². The predicted octanol–water partition coefficient (Wildman–Crippen LogP) is 4.37. The number of rotatable bonds is 5. The van der Waals surface area contributed by atoms with Crippen molar-refractivity contribution >= 4 is 12.2 Å². The SMILES string of the molecule is Cc1ccc(CCCN)c(C=Cc2ccccc2)c1C. The van der Waals surface area contributed by atoms with Gasteiger partial charge in [0, 0.05) is 0 Å². The second kappa shape index (κ2) is 7.06. The first-order valence-electron chi connectivity index (χ1n) is 7.24. The molecular weight excluding hydrogens is 242 g/mol. The van der Waals surface area contributed by atoms with Gasteiger partial charge in [0.05, 0.1) is 0 Å². The van der Waals surface area contributed by atoms with E-state index in [1.54, 1.807) is 0 Å². The smallest absolute Gasteiger partial charge is 0.00741 e. The van der Waals surface area contributed by atoms with Gasteiger partial charge in [0.15, 0.2) is 0 Å². The summed E-state index contributed by atoms with van der Waals surface area (Å²) in [5.41, 5.74) is 12.3. The van der Waals surface area contributed by atoms with Crippen molar-refractivity contribution in [1.82, 2.24) is 0 Å². The molecule has 20 heavy (non-hydrogen) atoms. The average molecular weight is 265 g/mol. The Bertz CT molecular complexity index is 582. The second-order valence-corrected chi connectivity index (χ2v) is 5.22. The van der Waals surface area contributed by atoms with Gasteiger partial charge in [-0.25, -0.2) is 0 Å². The van der Waals surface area contributed by atoms with Crippen molar-refractivity contribution < 1.29 is 0 Å². The highest BCUT2D eigenvalue weighted by molar-refractivity contribution is 5.73. The lowest BCUT2D eigenvalue weighted by atomic mass is 9.94. The van der Waals surface area contributed by atoms with Gasteiger partial charge in [-0.1, -0.05) is 54.6 Å². The lowest BCUT2D eigenvalue weighted by Crippen LogP contribution is -2.02. The van der Waals surface area contributed by atoms with Crippen LogP contribution in [0.1, 0.15) is 34.2 Å². The van der Waals surface area contributed by atoms with E-state index in [1.165, 1.54) is 27.8 Å². The lowest BCUT2D eigenvalue weighted by Gasteiger charge is -2.11. The third-order valence-electron chi connectivity index (χ3n) is 3.77. The maximum absolute atomic E-state index is 5.64. The van der Waals surface area contributed by atoms with Crippen LogP contribution in [0.3, 0.4) is 0 Å². The minimum atomic E-state index is 0.745. The summed E-state index contributed by atoms with van der Waals surface area (Å²) in [5.74, 6) is 0.